The topological polar surface area (TPSA) is 59.6 Å². The Kier molecular flexibility index (Phi) is 7.80. The molecule has 0 radical (unpaired) electrons. The number of ether oxygens (including phenoxy) is 1. The molecule has 0 unspecified atom stereocenters. The fraction of sp³-hybridized carbons (Fsp3) is 0.319. The van der Waals surface area contributed by atoms with E-state index in [0.717, 1.165) is 56.5 Å². The van der Waals surface area contributed by atoms with Gasteiger partial charge in [0.1, 0.15) is 23.7 Å². The Bertz CT molecular complexity index is 2380. The van der Waals surface area contributed by atoms with Gasteiger partial charge in [-0.25, -0.2) is 9.98 Å². The molecular weight excluding hydrogens is 639 g/mol. The number of phenolic OH excluding ortho intramolecular Hbond substituents is 1. The van der Waals surface area contributed by atoms with E-state index in [1.165, 1.54) is 16.7 Å². The molecule has 0 fully saturated rings. The molecule has 1 aliphatic carbocycles. The predicted molar refractivity (Wildman–Crippen MR) is 214 cm³/mol. The Hall–Kier alpha value is -5.16. The molecule has 5 heteroatoms. The van der Waals surface area contributed by atoms with Gasteiger partial charge in [-0.3, -0.25) is 4.57 Å². The molecular formula is C47H49N3O2. The van der Waals surface area contributed by atoms with Crippen LogP contribution in [0.2, 0.25) is 0 Å². The molecule has 1 aliphatic heterocycles. The molecule has 264 valence electrons. The Morgan fingerprint density at radius 1 is 0.673 bits per heavy atom. The number of benzene rings is 5. The lowest BCUT2D eigenvalue weighted by molar-refractivity contribution is 0.206. The first-order valence-corrected chi connectivity index (χ1v) is 18.5. The van der Waals surface area contributed by atoms with Gasteiger partial charge in [0, 0.05) is 28.8 Å². The SMILES string of the molecule is CC(C)(C)c1ccc(-n2c(-c3cc(C(C)(C)C)cc(C(C)(C)C)c3O)nc3c(-c4cccc(C5=N[C@H]6c7ccccc7C[C@H]6O5)c4)cccc32)cc1. The van der Waals surface area contributed by atoms with Crippen LogP contribution in [-0.2, 0) is 27.4 Å². The molecule has 2 aliphatic rings. The van der Waals surface area contributed by atoms with Crippen LogP contribution in [0.25, 0.3) is 39.2 Å². The smallest absolute Gasteiger partial charge is 0.217 e. The number of phenols is 1. The summed E-state index contributed by atoms with van der Waals surface area (Å²) in [6.45, 7) is 19.8. The number of aromatic nitrogens is 2. The van der Waals surface area contributed by atoms with Gasteiger partial charge >= 0.3 is 0 Å². The first-order chi connectivity index (χ1) is 24.6. The lowest BCUT2D eigenvalue weighted by atomic mass is 9.79. The molecule has 52 heavy (non-hydrogen) atoms. The van der Waals surface area contributed by atoms with Crippen molar-refractivity contribution in [3.63, 3.8) is 0 Å². The van der Waals surface area contributed by atoms with E-state index >= 15 is 0 Å². The Morgan fingerprint density at radius 3 is 2.08 bits per heavy atom. The van der Waals surface area contributed by atoms with Crippen molar-refractivity contribution in [3.05, 3.63) is 137 Å². The van der Waals surface area contributed by atoms with Gasteiger partial charge in [-0.15, -0.1) is 0 Å². The van der Waals surface area contributed by atoms with Crippen LogP contribution >= 0.6 is 0 Å². The van der Waals surface area contributed by atoms with Crippen molar-refractivity contribution in [2.75, 3.05) is 0 Å². The molecule has 5 aromatic carbocycles. The highest BCUT2D eigenvalue weighted by Crippen LogP contribution is 2.45. The third-order valence-corrected chi connectivity index (χ3v) is 10.8. The maximum Gasteiger partial charge on any atom is 0.217 e. The van der Waals surface area contributed by atoms with Crippen LogP contribution in [0.3, 0.4) is 0 Å². The third kappa shape index (κ3) is 5.81. The van der Waals surface area contributed by atoms with Crippen molar-refractivity contribution in [1.82, 2.24) is 9.55 Å². The monoisotopic (exact) mass is 687 g/mol. The molecule has 2 atom stereocenters. The number of imidazole rings is 1. The number of rotatable bonds is 4. The van der Waals surface area contributed by atoms with Crippen LogP contribution in [0.5, 0.6) is 5.75 Å². The summed E-state index contributed by atoms with van der Waals surface area (Å²) in [5.74, 6) is 1.68. The normalized spacial score (nSPS) is 17.2. The zero-order valence-electron chi connectivity index (χ0n) is 31.9. The van der Waals surface area contributed by atoms with Crippen LogP contribution in [0, 0.1) is 0 Å². The number of aromatic hydroxyl groups is 1. The van der Waals surface area contributed by atoms with Crippen LogP contribution in [0.15, 0.2) is 108 Å². The first-order valence-electron chi connectivity index (χ1n) is 18.5. The average Bonchev–Trinajstić information content (AvgIpc) is 3.78. The zero-order valence-corrected chi connectivity index (χ0v) is 31.9. The highest BCUT2D eigenvalue weighted by atomic mass is 16.5. The second kappa shape index (κ2) is 11.9. The Labute approximate surface area is 308 Å². The number of para-hydroxylation sites is 1. The van der Waals surface area contributed by atoms with E-state index in [4.69, 9.17) is 14.7 Å². The molecule has 2 heterocycles. The van der Waals surface area contributed by atoms with Crippen molar-refractivity contribution in [2.24, 2.45) is 4.99 Å². The molecule has 6 aromatic rings. The maximum absolute atomic E-state index is 12.1. The van der Waals surface area contributed by atoms with E-state index in [9.17, 15) is 5.11 Å². The minimum Gasteiger partial charge on any atom is -0.507 e. The number of aliphatic imine (C=N–C) groups is 1. The predicted octanol–water partition coefficient (Wildman–Crippen LogP) is 11.4. The van der Waals surface area contributed by atoms with Gasteiger partial charge in [0.25, 0.3) is 0 Å². The third-order valence-electron chi connectivity index (χ3n) is 10.8. The molecule has 1 N–H and O–H groups in total. The van der Waals surface area contributed by atoms with Crippen LogP contribution in [-0.4, -0.2) is 26.7 Å². The second-order valence-electron chi connectivity index (χ2n) is 17.7. The van der Waals surface area contributed by atoms with Gasteiger partial charge in [-0.05, 0) is 80.5 Å². The molecule has 0 saturated carbocycles. The zero-order chi connectivity index (χ0) is 36.7. The van der Waals surface area contributed by atoms with Crippen LogP contribution in [0.1, 0.15) is 102 Å². The lowest BCUT2D eigenvalue weighted by Gasteiger charge is -2.27. The molecule has 0 saturated heterocycles. The molecule has 5 nitrogen and oxygen atoms in total. The van der Waals surface area contributed by atoms with Crippen molar-refractivity contribution < 1.29 is 9.84 Å². The minimum atomic E-state index is -0.275. The van der Waals surface area contributed by atoms with Crippen molar-refractivity contribution in [1.29, 1.82) is 0 Å². The fourth-order valence-electron chi connectivity index (χ4n) is 7.75. The van der Waals surface area contributed by atoms with E-state index in [-0.39, 0.29) is 34.1 Å². The maximum atomic E-state index is 12.1. The van der Waals surface area contributed by atoms with Gasteiger partial charge in [-0.1, -0.05) is 129 Å². The standard InChI is InChI=1S/C47H49N3O2/c1-45(2,3)31-20-22-33(23-21-31)50-38-19-13-18-34(40(38)48-43(50)36-26-32(46(4,5)6)27-37(42(36)51)47(7,8)9)28-15-12-16-30(24-28)44-49-41-35-17-11-10-14-29(35)25-39(41)52-44/h10-24,26-27,39,41,51H,25H2,1-9H3/t39-,41+/m1/s1. The van der Waals surface area contributed by atoms with Gasteiger partial charge in [0.05, 0.1) is 16.6 Å². The van der Waals surface area contributed by atoms with Gasteiger partial charge in [0.15, 0.2) is 0 Å². The number of hydrogen-bond donors (Lipinski definition) is 1. The van der Waals surface area contributed by atoms with Crippen LogP contribution < -0.4 is 0 Å². The van der Waals surface area contributed by atoms with E-state index in [0.29, 0.717) is 11.7 Å². The van der Waals surface area contributed by atoms with E-state index < -0.39 is 0 Å². The Morgan fingerprint density at radius 2 is 1.37 bits per heavy atom. The Balaban J connectivity index is 1.32. The van der Waals surface area contributed by atoms with Gasteiger partial charge < -0.3 is 9.84 Å². The summed E-state index contributed by atoms with van der Waals surface area (Å²) in [5, 5.41) is 12.1. The fourth-order valence-corrected chi connectivity index (χ4v) is 7.75. The quantitative estimate of drug-likeness (QED) is 0.201. The molecule has 0 amide bonds. The number of hydrogen-bond acceptors (Lipinski definition) is 4. The lowest BCUT2D eigenvalue weighted by Crippen LogP contribution is -2.17. The van der Waals surface area contributed by atoms with Gasteiger partial charge in [-0.2, -0.15) is 0 Å². The summed E-state index contributed by atoms with van der Waals surface area (Å²) >= 11 is 0. The first kappa shape index (κ1) is 34.0. The van der Waals surface area contributed by atoms with Crippen molar-refractivity contribution >= 4 is 16.9 Å². The van der Waals surface area contributed by atoms with Crippen molar-refractivity contribution in [2.45, 2.75) is 97.1 Å². The van der Waals surface area contributed by atoms with Crippen LogP contribution in [0.4, 0.5) is 0 Å². The summed E-state index contributed by atoms with van der Waals surface area (Å²) in [4.78, 5) is 10.5. The molecule has 1 aromatic heterocycles. The highest BCUT2D eigenvalue weighted by Gasteiger charge is 2.39. The number of nitrogens with zero attached hydrogens (tertiary/aromatic N) is 3. The van der Waals surface area contributed by atoms with Gasteiger partial charge in [0.2, 0.25) is 5.90 Å². The largest absolute Gasteiger partial charge is 0.507 e. The van der Waals surface area contributed by atoms with E-state index in [1.807, 2.05) is 0 Å². The summed E-state index contributed by atoms with van der Waals surface area (Å²) < 4.78 is 8.71. The molecule has 0 spiro atoms. The minimum absolute atomic E-state index is 0.0207. The average molecular weight is 688 g/mol. The van der Waals surface area contributed by atoms with Crippen molar-refractivity contribution in [3.8, 4) is 34.0 Å². The summed E-state index contributed by atoms with van der Waals surface area (Å²) in [6.07, 6.45) is 0.918. The summed E-state index contributed by atoms with van der Waals surface area (Å²) in [6, 6.07) is 36.5. The highest BCUT2D eigenvalue weighted by molar-refractivity contribution is 6.00. The second-order valence-corrected chi connectivity index (χ2v) is 17.7. The van der Waals surface area contributed by atoms with E-state index in [2.05, 4.69) is 170 Å². The molecule has 0 bridgehead atoms. The number of fused-ring (bicyclic) bond motifs is 4. The summed E-state index contributed by atoms with van der Waals surface area (Å²) in [7, 11) is 0. The van der Waals surface area contributed by atoms with E-state index in [1.54, 1.807) is 0 Å². The summed E-state index contributed by atoms with van der Waals surface area (Å²) in [5.41, 5.74) is 12.1. The molecule has 8 rings (SSSR count).